The van der Waals surface area contributed by atoms with E-state index in [0.717, 1.165) is 35.8 Å². The number of primary sulfonamides is 1. The second-order valence-electron chi connectivity index (χ2n) is 6.80. The minimum absolute atomic E-state index is 0.0459. The summed E-state index contributed by atoms with van der Waals surface area (Å²) >= 11 is 0.824. The van der Waals surface area contributed by atoms with Crippen molar-refractivity contribution in [2.75, 3.05) is 6.61 Å². The summed E-state index contributed by atoms with van der Waals surface area (Å²) < 4.78 is 27.3. The van der Waals surface area contributed by atoms with Crippen LogP contribution >= 0.6 is 11.3 Å². The van der Waals surface area contributed by atoms with E-state index in [1.54, 1.807) is 0 Å². The van der Waals surface area contributed by atoms with E-state index in [1.165, 1.54) is 29.3 Å². The second-order valence-corrected chi connectivity index (χ2v) is 9.50. The van der Waals surface area contributed by atoms with Crippen LogP contribution in [0.3, 0.4) is 0 Å². The van der Waals surface area contributed by atoms with Crippen molar-refractivity contribution in [2.45, 2.75) is 42.9 Å². The van der Waals surface area contributed by atoms with E-state index in [-0.39, 0.29) is 15.8 Å². The molecule has 0 saturated carbocycles. The van der Waals surface area contributed by atoms with Gasteiger partial charge in [0.25, 0.3) is 5.91 Å². The van der Waals surface area contributed by atoms with Gasteiger partial charge in [0, 0.05) is 5.38 Å². The molecular formula is C19H22N2O5S2. The van der Waals surface area contributed by atoms with Crippen molar-refractivity contribution in [3.05, 3.63) is 51.9 Å². The quantitative estimate of drug-likeness (QED) is 0.693. The molecule has 1 atom stereocenters. The van der Waals surface area contributed by atoms with Crippen LogP contribution in [0.2, 0.25) is 0 Å². The Morgan fingerprint density at radius 2 is 1.93 bits per heavy atom. The number of esters is 1. The summed E-state index contributed by atoms with van der Waals surface area (Å²) in [6.07, 6.45) is 4.56. The van der Waals surface area contributed by atoms with Gasteiger partial charge in [0.15, 0.2) is 6.61 Å². The standard InChI is InChI=1S/C19H22N2O5S2/c1-12(14-7-6-13-4-2-3-5-15(13)8-14)21-17(22)10-26-19(23)16-9-18(27-11-16)28(20,24)25/h6-9,11-12H,2-5,10H2,1H3,(H,21,22)(H2,20,24,25). The van der Waals surface area contributed by atoms with Crippen LogP contribution in [0.4, 0.5) is 0 Å². The van der Waals surface area contributed by atoms with Gasteiger partial charge in [0.1, 0.15) is 4.21 Å². The fraction of sp³-hybridized carbons (Fsp3) is 0.368. The number of carbonyl (C=O) groups excluding carboxylic acids is 2. The maximum atomic E-state index is 12.1. The summed E-state index contributed by atoms with van der Waals surface area (Å²) in [5.74, 6) is -1.21. The summed E-state index contributed by atoms with van der Waals surface area (Å²) in [6.45, 7) is 1.43. The first-order valence-corrected chi connectivity index (χ1v) is 11.4. The van der Waals surface area contributed by atoms with Crippen LogP contribution < -0.4 is 10.5 Å². The van der Waals surface area contributed by atoms with E-state index >= 15 is 0 Å². The second kappa shape index (κ2) is 8.42. The van der Waals surface area contributed by atoms with Gasteiger partial charge in [-0.05, 0) is 55.4 Å². The molecule has 1 heterocycles. The van der Waals surface area contributed by atoms with Crippen LogP contribution in [-0.4, -0.2) is 26.9 Å². The van der Waals surface area contributed by atoms with Crippen molar-refractivity contribution in [3.8, 4) is 0 Å². The van der Waals surface area contributed by atoms with Crippen molar-refractivity contribution in [2.24, 2.45) is 5.14 Å². The molecule has 1 aromatic heterocycles. The average molecular weight is 423 g/mol. The molecule has 1 unspecified atom stereocenters. The molecule has 1 aliphatic rings. The number of fused-ring (bicyclic) bond motifs is 1. The lowest BCUT2D eigenvalue weighted by Crippen LogP contribution is -2.31. The van der Waals surface area contributed by atoms with E-state index in [9.17, 15) is 18.0 Å². The summed E-state index contributed by atoms with van der Waals surface area (Å²) in [5.41, 5.74) is 3.76. The maximum absolute atomic E-state index is 12.1. The first kappa shape index (κ1) is 20.5. The van der Waals surface area contributed by atoms with Crippen molar-refractivity contribution in [1.82, 2.24) is 5.32 Å². The zero-order chi connectivity index (χ0) is 20.3. The molecule has 0 saturated heterocycles. The number of ether oxygens (including phenoxy) is 1. The van der Waals surface area contributed by atoms with Crippen LogP contribution in [0.5, 0.6) is 0 Å². The third kappa shape index (κ3) is 4.98. The van der Waals surface area contributed by atoms with Gasteiger partial charge in [-0.15, -0.1) is 11.3 Å². The Morgan fingerprint density at radius 3 is 2.61 bits per heavy atom. The number of rotatable bonds is 6. The number of sulfonamides is 1. The minimum Gasteiger partial charge on any atom is -0.452 e. The van der Waals surface area contributed by atoms with Crippen LogP contribution in [-0.2, 0) is 32.4 Å². The van der Waals surface area contributed by atoms with Crippen molar-refractivity contribution in [1.29, 1.82) is 0 Å². The summed E-state index contributed by atoms with van der Waals surface area (Å²) in [5, 5.41) is 9.15. The first-order chi connectivity index (χ1) is 13.2. The fourth-order valence-corrected chi connectivity index (χ4v) is 4.75. The smallest absolute Gasteiger partial charge is 0.339 e. The number of carbonyl (C=O) groups is 2. The Balaban J connectivity index is 1.54. The van der Waals surface area contributed by atoms with Gasteiger partial charge in [0.2, 0.25) is 10.0 Å². The highest BCUT2D eigenvalue weighted by Gasteiger charge is 2.18. The van der Waals surface area contributed by atoms with Gasteiger partial charge < -0.3 is 10.1 Å². The third-order valence-corrected chi connectivity index (χ3v) is 7.06. The van der Waals surface area contributed by atoms with Crippen LogP contribution in [0.1, 0.15) is 52.9 Å². The normalized spacial score (nSPS) is 14.8. The molecule has 7 nitrogen and oxygen atoms in total. The van der Waals surface area contributed by atoms with E-state index in [4.69, 9.17) is 9.88 Å². The van der Waals surface area contributed by atoms with E-state index < -0.39 is 28.5 Å². The minimum atomic E-state index is -3.87. The number of thiophene rings is 1. The predicted molar refractivity (Wildman–Crippen MR) is 106 cm³/mol. The lowest BCUT2D eigenvalue weighted by atomic mass is 9.89. The molecule has 0 aliphatic heterocycles. The summed E-state index contributed by atoms with van der Waals surface area (Å²) in [4.78, 5) is 24.1. The summed E-state index contributed by atoms with van der Waals surface area (Å²) in [6, 6.07) is 7.18. The molecule has 150 valence electrons. The lowest BCUT2D eigenvalue weighted by Gasteiger charge is -2.20. The highest BCUT2D eigenvalue weighted by atomic mass is 32.2. The number of benzene rings is 1. The summed E-state index contributed by atoms with van der Waals surface area (Å²) in [7, 11) is -3.87. The molecule has 1 amide bonds. The van der Waals surface area contributed by atoms with Gasteiger partial charge in [-0.1, -0.05) is 18.2 Å². The highest BCUT2D eigenvalue weighted by molar-refractivity contribution is 7.91. The van der Waals surface area contributed by atoms with Crippen LogP contribution in [0.15, 0.2) is 33.9 Å². The number of hydrogen-bond donors (Lipinski definition) is 2. The molecule has 9 heteroatoms. The number of nitrogens with one attached hydrogen (secondary N) is 1. The van der Waals surface area contributed by atoms with Gasteiger partial charge in [0.05, 0.1) is 11.6 Å². The molecule has 0 fully saturated rings. The molecule has 1 aromatic carbocycles. The molecule has 1 aliphatic carbocycles. The molecule has 0 radical (unpaired) electrons. The molecule has 0 bridgehead atoms. The number of hydrogen-bond acceptors (Lipinski definition) is 6. The monoisotopic (exact) mass is 422 g/mol. The number of nitrogens with two attached hydrogens (primary N) is 1. The molecule has 2 aromatic rings. The van der Waals surface area contributed by atoms with Crippen LogP contribution in [0.25, 0.3) is 0 Å². The van der Waals surface area contributed by atoms with Crippen molar-refractivity contribution in [3.63, 3.8) is 0 Å². The Hall–Kier alpha value is -2.23. The van der Waals surface area contributed by atoms with Crippen molar-refractivity contribution >= 4 is 33.2 Å². The van der Waals surface area contributed by atoms with E-state index in [1.807, 2.05) is 13.0 Å². The third-order valence-electron chi connectivity index (χ3n) is 4.68. The zero-order valence-corrected chi connectivity index (χ0v) is 17.1. The van der Waals surface area contributed by atoms with E-state index in [0.29, 0.717) is 0 Å². The number of aryl methyl sites for hydroxylation is 2. The Labute approximate surface area is 167 Å². The first-order valence-electron chi connectivity index (χ1n) is 8.93. The topological polar surface area (TPSA) is 116 Å². The number of amides is 1. The zero-order valence-electron chi connectivity index (χ0n) is 15.4. The predicted octanol–water partition coefficient (Wildman–Crippen LogP) is 2.31. The van der Waals surface area contributed by atoms with Crippen molar-refractivity contribution < 1.29 is 22.7 Å². The fourth-order valence-electron chi connectivity index (χ4n) is 3.18. The lowest BCUT2D eigenvalue weighted by molar-refractivity contribution is -0.124. The molecular weight excluding hydrogens is 400 g/mol. The molecule has 0 spiro atoms. The Kier molecular flexibility index (Phi) is 6.17. The van der Waals surface area contributed by atoms with Gasteiger partial charge in [-0.3, -0.25) is 4.79 Å². The Morgan fingerprint density at radius 1 is 1.21 bits per heavy atom. The molecule has 3 rings (SSSR count). The van der Waals surface area contributed by atoms with Gasteiger partial charge in [-0.25, -0.2) is 18.4 Å². The Bertz CT molecular complexity index is 998. The van der Waals surface area contributed by atoms with Gasteiger partial charge in [-0.2, -0.15) is 0 Å². The van der Waals surface area contributed by atoms with Gasteiger partial charge >= 0.3 is 5.97 Å². The molecule has 3 N–H and O–H groups in total. The largest absolute Gasteiger partial charge is 0.452 e. The molecule has 28 heavy (non-hydrogen) atoms. The SMILES string of the molecule is CC(NC(=O)COC(=O)c1csc(S(N)(=O)=O)c1)c1ccc2c(c1)CCCC2. The average Bonchev–Trinajstić information content (AvgIpc) is 3.16. The maximum Gasteiger partial charge on any atom is 0.339 e. The highest BCUT2D eigenvalue weighted by Crippen LogP contribution is 2.25. The van der Waals surface area contributed by atoms with E-state index in [2.05, 4.69) is 17.4 Å². The van der Waals surface area contributed by atoms with Crippen LogP contribution in [0, 0.1) is 0 Å².